The van der Waals surface area contributed by atoms with Crippen molar-refractivity contribution in [1.29, 1.82) is 0 Å². The van der Waals surface area contributed by atoms with Gasteiger partial charge in [0, 0.05) is 30.1 Å². The molecule has 0 aliphatic heterocycles. The van der Waals surface area contributed by atoms with E-state index in [1.165, 1.54) is 0 Å². The smallest absolute Gasteiger partial charge is 0.248 e. The van der Waals surface area contributed by atoms with Crippen molar-refractivity contribution in [2.75, 3.05) is 5.32 Å². The van der Waals surface area contributed by atoms with E-state index in [2.05, 4.69) is 10.3 Å². The summed E-state index contributed by atoms with van der Waals surface area (Å²) in [5, 5.41) is 12.9. The van der Waals surface area contributed by atoms with Crippen LogP contribution in [0.1, 0.15) is 15.9 Å². The number of nitrogens with one attached hydrogen (secondary N) is 1. The first-order chi connectivity index (χ1) is 11.6. The van der Waals surface area contributed by atoms with Gasteiger partial charge in [0.2, 0.25) is 5.91 Å². The summed E-state index contributed by atoms with van der Waals surface area (Å²) in [6.45, 7) is 0.548. The number of anilines is 1. The van der Waals surface area contributed by atoms with Crippen molar-refractivity contribution in [1.82, 2.24) is 4.98 Å². The molecule has 0 bridgehead atoms. The third-order valence-corrected chi connectivity index (χ3v) is 3.63. The summed E-state index contributed by atoms with van der Waals surface area (Å²) < 4.78 is 0. The monoisotopic (exact) mass is 319 g/mol. The molecule has 0 saturated carbocycles. The van der Waals surface area contributed by atoms with Crippen molar-refractivity contribution in [2.24, 2.45) is 5.73 Å². The largest absolute Gasteiger partial charge is 0.508 e. The Balaban J connectivity index is 1.76. The van der Waals surface area contributed by atoms with Gasteiger partial charge in [-0.15, -0.1) is 0 Å². The lowest BCUT2D eigenvalue weighted by Gasteiger charge is -2.09. The lowest BCUT2D eigenvalue weighted by molar-refractivity contribution is 0.1000. The Morgan fingerprint density at radius 1 is 1.04 bits per heavy atom. The van der Waals surface area contributed by atoms with E-state index >= 15 is 0 Å². The zero-order valence-corrected chi connectivity index (χ0v) is 12.9. The number of carbonyl (C=O) groups is 1. The molecular formula is C19H17N3O2. The Bertz CT molecular complexity index is 878. The van der Waals surface area contributed by atoms with E-state index in [0.717, 1.165) is 22.4 Å². The first-order valence-corrected chi connectivity index (χ1v) is 7.49. The van der Waals surface area contributed by atoms with Crippen LogP contribution in [-0.4, -0.2) is 16.0 Å². The summed E-state index contributed by atoms with van der Waals surface area (Å²) >= 11 is 0. The summed E-state index contributed by atoms with van der Waals surface area (Å²) in [5.41, 5.74) is 9.38. The molecule has 1 heterocycles. The third-order valence-electron chi connectivity index (χ3n) is 3.63. The zero-order valence-electron chi connectivity index (χ0n) is 12.9. The van der Waals surface area contributed by atoms with Crippen LogP contribution in [0.3, 0.4) is 0 Å². The SMILES string of the molecule is NC(=O)c1cccc(CNc2cncc(-c3cccc(O)c3)c2)c1. The Morgan fingerprint density at radius 3 is 2.67 bits per heavy atom. The number of phenols is 1. The van der Waals surface area contributed by atoms with E-state index in [9.17, 15) is 9.90 Å². The lowest BCUT2D eigenvalue weighted by atomic mass is 10.1. The van der Waals surface area contributed by atoms with E-state index in [-0.39, 0.29) is 5.75 Å². The van der Waals surface area contributed by atoms with Crippen LogP contribution in [0, 0.1) is 0 Å². The fourth-order valence-electron chi connectivity index (χ4n) is 2.42. The molecule has 3 aromatic rings. The number of nitrogens with two attached hydrogens (primary N) is 1. The molecule has 5 heteroatoms. The molecular weight excluding hydrogens is 302 g/mol. The minimum Gasteiger partial charge on any atom is -0.508 e. The van der Waals surface area contributed by atoms with Crippen LogP contribution in [0.15, 0.2) is 67.0 Å². The van der Waals surface area contributed by atoms with Gasteiger partial charge in [0.05, 0.1) is 5.69 Å². The first kappa shape index (κ1) is 15.6. The van der Waals surface area contributed by atoms with Gasteiger partial charge in [-0.3, -0.25) is 9.78 Å². The van der Waals surface area contributed by atoms with Crippen molar-refractivity contribution >= 4 is 11.6 Å². The summed E-state index contributed by atoms with van der Waals surface area (Å²) in [4.78, 5) is 15.5. The molecule has 0 atom stereocenters. The number of hydrogen-bond donors (Lipinski definition) is 3. The number of nitrogens with zero attached hydrogens (tertiary/aromatic N) is 1. The molecule has 2 aromatic carbocycles. The molecule has 0 fully saturated rings. The fraction of sp³-hybridized carbons (Fsp3) is 0.0526. The lowest BCUT2D eigenvalue weighted by Crippen LogP contribution is -2.11. The number of aromatic nitrogens is 1. The molecule has 0 radical (unpaired) electrons. The summed E-state index contributed by atoms with van der Waals surface area (Å²) in [6, 6.07) is 16.2. The van der Waals surface area contributed by atoms with Gasteiger partial charge in [-0.25, -0.2) is 0 Å². The molecule has 0 aliphatic carbocycles. The van der Waals surface area contributed by atoms with Crippen molar-refractivity contribution in [3.8, 4) is 16.9 Å². The van der Waals surface area contributed by atoms with Gasteiger partial charge in [0.15, 0.2) is 0 Å². The molecule has 0 saturated heterocycles. The molecule has 120 valence electrons. The van der Waals surface area contributed by atoms with Gasteiger partial charge in [0.1, 0.15) is 5.75 Å². The normalized spacial score (nSPS) is 10.3. The second-order valence-electron chi connectivity index (χ2n) is 5.43. The maximum atomic E-state index is 11.2. The average Bonchev–Trinajstić information content (AvgIpc) is 2.60. The Morgan fingerprint density at radius 2 is 1.88 bits per heavy atom. The molecule has 3 rings (SSSR count). The first-order valence-electron chi connectivity index (χ1n) is 7.49. The highest BCUT2D eigenvalue weighted by Gasteiger charge is 2.03. The van der Waals surface area contributed by atoms with Crippen molar-refractivity contribution in [2.45, 2.75) is 6.54 Å². The Kier molecular flexibility index (Phi) is 4.43. The Hall–Kier alpha value is -3.34. The van der Waals surface area contributed by atoms with Crippen LogP contribution in [0.25, 0.3) is 11.1 Å². The van der Waals surface area contributed by atoms with E-state index in [1.54, 1.807) is 48.8 Å². The van der Waals surface area contributed by atoms with Crippen LogP contribution in [0.5, 0.6) is 5.75 Å². The predicted octanol–water partition coefficient (Wildman–Crippen LogP) is 3.17. The van der Waals surface area contributed by atoms with Crippen LogP contribution < -0.4 is 11.1 Å². The molecule has 1 amide bonds. The second-order valence-corrected chi connectivity index (χ2v) is 5.43. The highest BCUT2D eigenvalue weighted by atomic mass is 16.3. The van der Waals surface area contributed by atoms with Crippen molar-refractivity contribution in [3.63, 3.8) is 0 Å². The highest BCUT2D eigenvalue weighted by Crippen LogP contribution is 2.24. The second kappa shape index (κ2) is 6.83. The average molecular weight is 319 g/mol. The molecule has 0 spiro atoms. The zero-order chi connectivity index (χ0) is 16.9. The van der Waals surface area contributed by atoms with Gasteiger partial charge < -0.3 is 16.2 Å². The van der Waals surface area contributed by atoms with Crippen LogP contribution >= 0.6 is 0 Å². The minimum absolute atomic E-state index is 0.217. The summed E-state index contributed by atoms with van der Waals surface area (Å²) in [5.74, 6) is -0.224. The third kappa shape index (κ3) is 3.70. The molecule has 0 aliphatic rings. The van der Waals surface area contributed by atoms with E-state index in [0.29, 0.717) is 12.1 Å². The number of primary amides is 1. The summed E-state index contributed by atoms with van der Waals surface area (Å²) in [6.07, 6.45) is 3.47. The molecule has 5 nitrogen and oxygen atoms in total. The van der Waals surface area contributed by atoms with Crippen LogP contribution in [-0.2, 0) is 6.54 Å². The predicted molar refractivity (Wildman–Crippen MR) is 93.6 cm³/mol. The molecule has 24 heavy (non-hydrogen) atoms. The molecule has 0 unspecified atom stereocenters. The van der Waals surface area contributed by atoms with Gasteiger partial charge in [-0.2, -0.15) is 0 Å². The number of carbonyl (C=O) groups excluding carboxylic acids is 1. The summed E-state index contributed by atoms with van der Waals surface area (Å²) in [7, 11) is 0. The number of pyridine rings is 1. The highest BCUT2D eigenvalue weighted by molar-refractivity contribution is 5.92. The topological polar surface area (TPSA) is 88.2 Å². The maximum Gasteiger partial charge on any atom is 0.248 e. The Labute approximate surface area is 139 Å². The minimum atomic E-state index is -0.440. The van der Waals surface area contributed by atoms with E-state index < -0.39 is 5.91 Å². The van der Waals surface area contributed by atoms with Crippen LogP contribution in [0.2, 0.25) is 0 Å². The van der Waals surface area contributed by atoms with E-state index in [1.807, 2.05) is 18.2 Å². The quantitative estimate of drug-likeness (QED) is 0.674. The fourth-order valence-corrected chi connectivity index (χ4v) is 2.42. The standard InChI is InChI=1S/C19H17N3O2/c20-19(24)15-5-1-3-13(7-15)10-22-17-8-16(11-21-12-17)14-4-2-6-18(23)9-14/h1-9,11-12,22-23H,10H2,(H2,20,24). The number of aromatic hydroxyl groups is 1. The van der Waals surface area contributed by atoms with E-state index in [4.69, 9.17) is 5.73 Å². The van der Waals surface area contributed by atoms with Crippen molar-refractivity contribution < 1.29 is 9.90 Å². The number of phenolic OH excluding ortho intramolecular Hbond substituents is 1. The number of hydrogen-bond acceptors (Lipinski definition) is 4. The van der Waals surface area contributed by atoms with Crippen LogP contribution in [0.4, 0.5) is 5.69 Å². The van der Waals surface area contributed by atoms with Gasteiger partial charge in [-0.05, 0) is 41.5 Å². The number of amides is 1. The van der Waals surface area contributed by atoms with Gasteiger partial charge in [-0.1, -0.05) is 24.3 Å². The molecule has 1 aromatic heterocycles. The van der Waals surface area contributed by atoms with Gasteiger partial charge >= 0.3 is 0 Å². The van der Waals surface area contributed by atoms with Crippen molar-refractivity contribution in [3.05, 3.63) is 78.1 Å². The number of rotatable bonds is 5. The maximum absolute atomic E-state index is 11.2. The molecule has 4 N–H and O–H groups in total. The number of benzene rings is 2. The van der Waals surface area contributed by atoms with Gasteiger partial charge in [0.25, 0.3) is 0 Å².